The summed E-state index contributed by atoms with van der Waals surface area (Å²) in [6.45, 7) is 4.03. The molecule has 0 spiro atoms. The lowest BCUT2D eigenvalue weighted by Gasteiger charge is -2.17. The second kappa shape index (κ2) is 7.14. The van der Waals surface area contributed by atoms with E-state index in [1.54, 1.807) is 0 Å². The average Bonchev–Trinajstić information content (AvgIpc) is 2.30. The number of hydrogen-bond acceptors (Lipinski definition) is 4. The molecule has 3 N–H and O–H groups in total. The molecular formula is C13H21NO3. The minimum Gasteiger partial charge on any atom is -0.491 e. The molecule has 96 valence electrons. The van der Waals surface area contributed by atoms with Gasteiger partial charge in [-0.15, -0.1) is 0 Å². The zero-order valence-corrected chi connectivity index (χ0v) is 10.4. The smallest absolute Gasteiger partial charge is 0.119 e. The molecule has 1 unspecified atom stereocenters. The molecule has 1 rings (SSSR count). The van der Waals surface area contributed by atoms with Gasteiger partial charge in [-0.05, 0) is 44.5 Å². The van der Waals surface area contributed by atoms with E-state index in [2.05, 4.69) is 5.32 Å². The Kier molecular flexibility index (Phi) is 5.80. The van der Waals surface area contributed by atoms with E-state index in [4.69, 9.17) is 14.9 Å². The zero-order chi connectivity index (χ0) is 12.7. The largest absolute Gasteiger partial charge is 0.491 e. The number of benzene rings is 1. The molecule has 0 saturated carbocycles. The molecule has 1 aromatic rings. The molecule has 0 saturated heterocycles. The molecule has 0 heterocycles. The average molecular weight is 239 g/mol. The fourth-order valence-corrected chi connectivity index (χ4v) is 1.50. The molecule has 0 aliphatic heterocycles. The monoisotopic (exact) mass is 239 g/mol. The van der Waals surface area contributed by atoms with Gasteiger partial charge in [0.25, 0.3) is 0 Å². The molecule has 0 fully saturated rings. The highest BCUT2D eigenvalue weighted by molar-refractivity contribution is 5.47. The number of hydrogen-bond donors (Lipinski definition) is 3. The van der Waals surface area contributed by atoms with E-state index in [0.717, 1.165) is 11.4 Å². The molecule has 0 aliphatic rings. The van der Waals surface area contributed by atoms with Crippen molar-refractivity contribution in [2.45, 2.75) is 32.4 Å². The number of nitrogens with one attached hydrogen (secondary N) is 1. The first-order valence-electron chi connectivity index (χ1n) is 5.90. The molecule has 17 heavy (non-hydrogen) atoms. The van der Waals surface area contributed by atoms with Crippen LogP contribution in [-0.4, -0.2) is 35.6 Å². The Hall–Kier alpha value is -1.26. The van der Waals surface area contributed by atoms with Gasteiger partial charge in [0.2, 0.25) is 0 Å². The maximum atomic E-state index is 9.09. The van der Waals surface area contributed by atoms with E-state index in [1.807, 2.05) is 38.1 Å². The highest BCUT2D eigenvalue weighted by Gasteiger charge is 2.06. The van der Waals surface area contributed by atoms with Crippen LogP contribution in [0.5, 0.6) is 5.75 Å². The summed E-state index contributed by atoms with van der Waals surface area (Å²) in [7, 11) is 0. The number of anilines is 1. The van der Waals surface area contributed by atoms with Crippen molar-refractivity contribution in [2.24, 2.45) is 0 Å². The Balaban J connectivity index is 2.54. The van der Waals surface area contributed by atoms with Gasteiger partial charge >= 0.3 is 0 Å². The first-order chi connectivity index (χ1) is 8.15. The van der Waals surface area contributed by atoms with Gasteiger partial charge < -0.3 is 20.3 Å². The van der Waals surface area contributed by atoms with Crippen molar-refractivity contribution in [3.63, 3.8) is 0 Å². The van der Waals surface area contributed by atoms with Crippen LogP contribution in [-0.2, 0) is 0 Å². The highest BCUT2D eigenvalue weighted by Crippen LogP contribution is 2.17. The molecule has 0 radical (unpaired) electrons. The SMILES string of the molecule is CC(C)Oc1ccc(NC(CO)CCO)cc1. The van der Waals surface area contributed by atoms with E-state index < -0.39 is 0 Å². The molecule has 4 heteroatoms. The van der Waals surface area contributed by atoms with Gasteiger partial charge in [-0.25, -0.2) is 0 Å². The van der Waals surface area contributed by atoms with Crippen molar-refractivity contribution in [3.8, 4) is 5.75 Å². The van der Waals surface area contributed by atoms with Crippen molar-refractivity contribution in [1.29, 1.82) is 0 Å². The minimum absolute atomic E-state index is 0.00477. The van der Waals surface area contributed by atoms with E-state index in [0.29, 0.717) is 6.42 Å². The molecule has 1 aromatic carbocycles. The van der Waals surface area contributed by atoms with Gasteiger partial charge in [0.1, 0.15) is 5.75 Å². The van der Waals surface area contributed by atoms with Crippen molar-refractivity contribution < 1.29 is 14.9 Å². The van der Waals surface area contributed by atoms with Crippen LogP contribution in [0.1, 0.15) is 20.3 Å². The Bertz CT molecular complexity index is 311. The van der Waals surface area contributed by atoms with Crippen LogP contribution in [0.4, 0.5) is 5.69 Å². The fraction of sp³-hybridized carbons (Fsp3) is 0.538. The Labute approximate surface area is 102 Å². The molecule has 0 bridgehead atoms. The maximum Gasteiger partial charge on any atom is 0.119 e. The number of aliphatic hydroxyl groups is 2. The highest BCUT2D eigenvalue weighted by atomic mass is 16.5. The first-order valence-corrected chi connectivity index (χ1v) is 5.90. The minimum atomic E-state index is -0.114. The third-order valence-corrected chi connectivity index (χ3v) is 2.29. The van der Waals surface area contributed by atoms with Crippen molar-refractivity contribution in [2.75, 3.05) is 18.5 Å². The topological polar surface area (TPSA) is 61.7 Å². The quantitative estimate of drug-likeness (QED) is 0.677. The first kappa shape index (κ1) is 13.8. The van der Waals surface area contributed by atoms with Gasteiger partial charge in [-0.3, -0.25) is 0 Å². The summed E-state index contributed by atoms with van der Waals surface area (Å²) in [5.74, 6) is 0.827. The van der Waals surface area contributed by atoms with E-state index >= 15 is 0 Å². The van der Waals surface area contributed by atoms with E-state index in [9.17, 15) is 0 Å². The van der Waals surface area contributed by atoms with Crippen LogP contribution >= 0.6 is 0 Å². The summed E-state index contributed by atoms with van der Waals surface area (Å²) in [5, 5.41) is 21.1. The predicted molar refractivity (Wildman–Crippen MR) is 68.4 cm³/mol. The lowest BCUT2D eigenvalue weighted by molar-refractivity contribution is 0.229. The van der Waals surface area contributed by atoms with Crippen LogP contribution in [0.15, 0.2) is 24.3 Å². The zero-order valence-electron chi connectivity index (χ0n) is 10.4. The standard InChI is InChI=1S/C13H21NO3/c1-10(2)17-13-5-3-11(4-6-13)14-12(9-16)7-8-15/h3-6,10,12,14-16H,7-9H2,1-2H3. The molecule has 0 amide bonds. The molecule has 0 aliphatic carbocycles. The number of ether oxygens (including phenoxy) is 1. The summed E-state index contributed by atoms with van der Waals surface area (Å²) in [6, 6.07) is 7.46. The lowest BCUT2D eigenvalue weighted by Crippen LogP contribution is -2.24. The van der Waals surface area contributed by atoms with Gasteiger partial charge in [0.15, 0.2) is 0 Å². The van der Waals surface area contributed by atoms with Gasteiger partial charge in [-0.2, -0.15) is 0 Å². The molecule has 1 atom stereocenters. The molecule has 0 aromatic heterocycles. The van der Waals surface area contributed by atoms with Crippen LogP contribution in [0.3, 0.4) is 0 Å². The third kappa shape index (κ3) is 5.06. The number of rotatable bonds is 7. The predicted octanol–water partition coefficient (Wildman–Crippen LogP) is 1.63. The van der Waals surface area contributed by atoms with Crippen LogP contribution in [0.25, 0.3) is 0 Å². The van der Waals surface area contributed by atoms with Crippen molar-refractivity contribution in [1.82, 2.24) is 0 Å². The second-order valence-electron chi connectivity index (χ2n) is 4.23. The second-order valence-corrected chi connectivity index (χ2v) is 4.23. The van der Waals surface area contributed by atoms with Gasteiger partial charge in [-0.1, -0.05) is 0 Å². The molecule has 4 nitrogen and oxygen atoms in total. The fourth-order valence-electron chi connectivity index (χ4n) is 1.50. The Morgan fingerprint density at radius 3 is 2.29 bits per heavy atom. The van der Waals surface area contributed by atoms with E-state index in [-0.39, 0.29) is 25.4 Å². The summed E-state index contributed by atoms with van der Waals surface area (Å²) in [6.07, 6.45) is 0.689. The Morgan fingerprint density at radius 1 is 1.18 bits per heavy atom. The maximum absolute atomic E-state index is 9.09. The van der Waals surface area contributed by atoms with Crippen LogP contribution in [0, 0.1) is 0 Å². The van der Waals surface area contributed by atoms with E-state index in [1.165, 1.54) is 0 Å². The van der Waals surface area contributed by atoms with Crippen LogP contribution in [0.2, 0.25) is 0 Å². The third-order valence-electron chi connectivity index (χ3n) is 2.29. The summed E-state index contributed by atoms with van der Waals surface area (Å²) < 4.78 is 5.53. The summed E-state index contributed by atoms with van der Waals surface area (Å²) >= 11 is 0. The van der Waals surface area contributed by atoms with Crippen molar-refractivity contribution in [3.05, 3.63) is 24.3 Å². The molecular weight excluding hydrogens is 218 g/mol. The van der Waals surface area contributed by atoms with Crippen LogP contribution < -0.4 is 10.1 Å². The van der Waals surface area contributed by atoms with Gasteiger partial charge in [0, 0.05) is 12.3 Å². The van der Waals surface area contributed by atoms with Gasteiger partial charge in [0.05, 0.1) is 18.8 Å². The number of aliphatic hydroxyl groups excluding tert-OH is 2. The summed E-state index contributed by atoms with van der Waals surface area (Å²) in [4.78, 5) is 0. The lowest BCUT2D eigenvalue weighted by atomic mass is 10.2. The summed E-state index contributed by atoms with van der Waals surface area (Å²) in [5.41, 5.74) is 0.911. The Morgan fingerprint density at radius 2 is 1.82 bits per heavy atom. The van der Waals surface area contributed by atoms with Crippen molar-refractivity contribution >= 4 is 5.69 Å². The normalized spacial score (nSPS) is 12.5.